The molecular formula is C92H70Cl7F2N17O13S8. The number of benzene rings is 10. The number of nitrogens with one attached hydrogen (secondary N) is 8. The maximum Gasteiger partial charge on any atom is 0.322 e. The number of halogens is 9. The van der Waals surface area contributed by atoms with E-state index >= 15 is 0 Å². The summed E-state index contributed by atoms with van der Waals surface area (Å²) in [5.41, 5.74) is 10.0. The molecule has 139 heavy (non-hydrogen) atoms. The van der Waals surface area contributed by atoms with Crippen molar-refractivity contribution >= 4 is 273 Å². The van der Waals surface area contributed by atoms with Crippen LogP contribution in [-0.2, 0) is 30.1 Å². The van der Waals surface area contributed by atoms with Crippen molar-refractivity contribution in [3.05, 3.63) is 330 Å². The summed E-state index contributed by atoms with van der Waals surface area (Å²) in [4.78, 5) is 76.7. The van der Waals surface area contributed by atoms with E-state index in [-0.39, 0.29) is 89.8 Å². The van der Waals surface area contributed by atoms with Crippen LogP contribution >= 0.6 is 138 Å². The van der Waals surface area contributed by atoms with E-state index in [1.807, 2.05) is 73.6 Å². The van der Waals surface area contributed by atoms with Gasteiger partial charge in [-0.1, -0.05) is 233 Å². The summed E-state index contributed by atoms with van der Waals surface area (Å²) in [5, 5.41) is 34.7. The van der Waals surface area contributed by atoms with Gasteiger partial charge in [0.25, 0.3) is 71.4 Å². The Bertz CT molecular complexity index is 7470. The molecule has 8 N–H and O–H groups in total. The highest BCUT2D eigenvalue weighted by Crippen LogP contribution is 2.42. The minimum Gasteiger partial charge on any atom is -0.403 e. The van der Waals surface area contributed by atoms with Crippen LogP contribution in [0.4, 0.5) is 53.3 Å². The first-order valence-electron chi connectivity index (χ1n) is 40.5. The average Bonchev–Trinajstić information content (AvgIpc) is 1.59. The number of rotatable bonds is 22. The molecule has 0 aliphatic heterocycles. The fraction of sp³-hybridized carbons (Fsp3) is 0.0978. The van der Waals surface area contributed by atoms with Gasteiger partial charge in [-0.3, -0.25) is 69.4 Å². The van der Waals surface area contributed by atoms with Gasteiger partial charge in [0.05, 0.1) is 114 Å². The van der Waals surface area contributed by atoms with Gasteiger partial charge in [0.15, 0.2) is 15.4 Å². The van der Waals surface area contributed by atoms with Crippen LogP contribution in [0.5, 0.6) is 0 Å². The Labute approximate surface area is 846 Å². The summed E-state index contributed by atoms with van der Waals surface area (Å²) in [5.74, 6) is -4.23. The quantitative estimate of drug-likeness (QED) is 0.0312. The van der Waals surface area contributed by atoms with Gasteiger partial charge in [-0.15, -0.1) is 32.9 Å². The standard InChI is InChI=1S/C23H21N3O3S2.C22H18ClN3O3S2.C21H15Cl2N3O3S2.C13H5Cl2F2N3O2S.C13H11Cl2N5O2S/c1-14-8-12-17(13-9-14)31(28,29)26-19-7-5-4-6-18(19)22(27)25-23-24-20-15(2)10-11-16(3)21(20)30-23;1-13-7-10-15(11-8-13)31(28,29)26-18-6-4-3-5-16(18)21(27)25-22-24-19-14(2)9-12-17(23)20(19)30-22;1-12-6-8-13(9-7-12)31(28,29)26-17-5-3-2-4-14(17)20(27)25-21-24-18-15(22)10-11-16(23)19(18)30-21;14-9-4-7(10(15)23-9)12-19-20-13(22-12)18-11(21)6-2-1-5(16)3-8(6)17;1-6(2)20-8(3-4-16-20)11(21)17-13-19-18-12(22-13)7-5-9(14)23-10(7)15/h4-13,26H,1-3H3,(H,24,25,27);3-12,26H,1-2H3,(H,24,25,27);2-11,26H,1H3,(H,24,25,27);1-4H,(H,18,20,21);3-6H,1-2H3,(H,17,19,21). The van der Waals surface area contributed by atoms with Gasteiger partial charge in [-0.2, -0.15) is 5.10 Å². The van der Waals surface area contributed by atoms with Gasteiger partial charge in [-0.25, -0.2) is 49.0 Å². The van der Waals surface area contributed by atoms with Crippen molar-refractivity contribution < 1.29 is 66.8 Å². The first-order chi connectivity index (χ1) is 66.1. The molecule has 47 heteroatoms. The molecule has 712 valence electrons. The number of carbonyl (C=O) groups is 5. The number of nitrogens with zero attached hydrogens (tertiary/aromatic N) is 9. The predicted molar refractivity (Wildman–Crippen MR) is 547 cm³/mol. The van der Waals surface area contributed by atoms with Crippen LogP contribution in [0.3, 0.4) is 0 Å². The third-order valence-electron chi connectivity index (χ3n) is 19.6. The van der Waals surface area contributed by atoms with Crippen LogP contribution in [-0.4, -0.2) is 99.9 Å². The zero-order valence-electron chi connectivity index (χ0n) is 72.9. The predicted octanol–water partition coefficient (Wildman–Crippen LogP) is 25.6. The summed E-state index contributed by atoms with van der Waals surface area (Å²) in [6.07, 6.45) is 1.56. The second kappa shape index (κ2) is 44.2. The molecule has 5 amide bonds. The minimum atomic E-state index is -3.87. The Morgan fingerprint density at radius 1 is 0.374 bits per heavy atom. The lowest BCUT2D eigenvalue weighted by Gasteiger charge is -2.12. The van der Waals surface area contributed by atoms with E-state index in [0.29, 0.717) is 80.9 Å². The normalized spacial score (nSPS) is 11.3. The number of aromatic nitrogens is 9. The number of anilines is 8. The second-order valence-corrected chi connectivity index (χ2v) is 43.9. The van der Waals surface area contributed by atoms with Crippen molar-refractivity contribution in [2.24, 2.45) is 0 Å². The van der Waals surface area contributed by atoms with Gasteiger partial charge < -0.3 is 8.83 Å². The number of sulfonamides is 3. The topological polar surface area (TPSA) is 418 Å². The maximum atomic E-state index is 13.5. The van der Waals surface area contributed by atoms with E-state index in [1.165, 1.54) is 99.9 Å². The SMILES string of the molecule is CC(C)n1nccc1C(=O)Nc1nnc(-c2cc(Cl)sc2Cl)o1.Cc1ccc(S(=O)(=O)Nc2ccccc2C(=O)Nc2nc3c(C)ccc(C)c3s2)cc1.Cc1ccc(S(=O)(=O)Nc2ccccc2C(=O)Nc2nc3c(C)ccc(Cl)c3s2)cc1.Cc1ccc(S(=O)(=O)Nc2ccccc2C(=O)Nc2nc3c(Cl)ccc(Cl)c3s2)cc1.O=C(Nc1nnc(-c2cc(Cl)sc2Cl)o1)c1ccc(F)cc1F. The van der Waals surface area contributed by atoms with E-state index < -0.39 is 65.3 Å². The van der Waals surface area contributed by atoms with Crippen LogP contribution in [0.1, 0.15) is 105 Å². The Morgan fingerprint density at radius 3 is 1.12 bits per heavy atom. The highest BCUT2D eigenvalue weighted by molar-refractivity contribution is 7.93. The molecule has 10 aromatic carbocycles. The molecule has 0 atom stereocenters. The Balaban J connectivity index is 0.000000139. The van der Waals surface area contributed by atoms with E-state index in [2.05, 4.69) is 81.2 Å². The number of fused-ring (bicyclic) bond motifs is 3. The molecule has 0 aliphatic rings. The fourth-order valence-corrected chi connectivity index (χ4v) is 22.4. The number of para-hydroxylation sites is 3. The third kappa shape index (κ3) is 25.1. The molecule has 30 nitrogen and oxygen atoms in total. The lowest BCUT2D eigenvalue weighted by molar-refractivity contribution is 0.100. The lowest BCUT2D eigenvalue weighted by atomic mass is 10.1. The molecule has 0 saturated heterocycles. The van der Waals surface area contributed by atoms with E-state index in [4.69, 9.17) is 90.0 Å². The first kappa shape index (κ1) is 102. The lowest BCUT2D eigenvalue weighted by Crippen LogP contribution is -2.19. The number of carbonyl (C=O) groups excluding carboxylic acids is 5. The Kier molecular flexibility index (Phi) is 32.5. The number of thiophene rings is 2. The molecule has 18 rings (SSSR count). The molecule has 0 aliphatic carbocycles. The molecule has 8 aromatic heterocycles. The number of thiazole rings is 3. The van der Waals surface area contributed by atoms with Crippen molar-refractivity contribution in [1.82, 2.24) is 45.1 Å². The van der Waals surface area contributed by atoms with Gasteiger partial charge in [0, 0.05) is 18.3 Å². The van der Waals surface area contributed by atoms with Gasteiger partial charge in [-0.05, 0) is 193 Å². The summed E-state index contributed by atoms with van der Waals surface area (Å²) in [6, 6.07) is 56.7. The van der Waals surface area contributed by atoms with Crippen molar-refractivity contribution in [3.8, 4) is 22.9 Å². The molecule has 0 spiro atoms. The molecule has 0 radical (unpaired) electrons. The molecular weight excluding hydrogens is 2090 g/mol. The highest BCUT2D eigenvalue weighted by atomic mass is 35.5. The van der Waals surface area contributed by atoms with Gasteiger partial charge >= 0.3 is 12.0 Å². The molecule has 0 unspecified atom stereocenters. The molecule has 0 fully saturated rings. The fourth-order valence-electron chi connectivity index (χ4n) is 12.7. The molecule has 0 saturated carbocycles. The zero-order chi connectivity index (χ0) is 99.6. The third-order valence-corrected chi connectivity index (χ3v) is 31.0. The van der Waals surface area contributed by atoms with Crippen molar-refractivity contribution in [1.29, 1.82) is 0 Å². The Morgan fingerprint density at radius 2 is 0.734 bits per heavy atom. The monoisotopic (exact) mass is 2160 g/mol. The number of hydrogen-bond donors (Lipinski definition) is 8. The van der Waals surface area contributed by atoms with Crippen LogP contribution < -0.4 is 40.8 Å². The molecule has 0 bridgehead atoms. The van der Waals surface area contributed by atoms with Gasteiger partial charge in [0.1, 0.15) is 31.5 Å². The number of hydrogen-bond acceptors (Lipinski definition) is 26. The van der Waals surface area contributed by atoms with Crippen LogP contribution in [0, 0.1) is 53.2 Å². The second-order valence-electron chi connectivity index (χ2n) is 30.0. The number of amides is 5. The number of aryl methyl sites for hydroxylation is 6. The van der Waals surface area contributed by atoms with E-state index in [1.54, 1.807) is 138 Å². The van der Waals surface area contributed by atoms with Crippen LogP contribution in [0.2, 0.25) is 32.4 Å². The molecule has 18 aromatic rings. The van der Waals surface area contributed by atoms with E-state index in [0.717, 1.165) is 77.3 Å². The summed E-state index contributed by atoms with van der Waals surface area (Å²) in [7, 11) is -11.6. The minimum absolute atomic E-state index is 0.0279. The summed E-state index contributed by atoms with van der Waals surface area (Å²) in [6.45, 7) is 15.4. The maximum absolute atomic E-state index is 13.5. The zero-order valence-corrected chi connectivity index (χ0v) is 84.8. The van der Waals surface area contributed by atoms with Crippen molar-refractivity contribution in [2.45, 2.75) is 76.1 Å². The van der Waals surface area contributed by atoms with Crippen molar-refractivity contribution in [2.75, 3.05) is 40.8 Å². The smallest absolute Gasteiger partial charge is 0.322 e. The highest BCUT2D eigenvalue weighted by Gasteiger charge is 2.28. The van der Waals surface area contributed by atoms with Gasteiger partial charge in [0.2, 0.25) is 0 Å². The summed E-state index contributed by atoms with van der Waals surface area (Å²) >= 11 is 48.4. The van der Waals surface area contributed by atoms with Crippen LogP contribution in [0.25, 0.3) is 53.6 Å². The largest absolute Gasteiger partial charge is 0.403 e. The summed E-state index contributed by atoms with van der Waals surface area (Å²) < 4.78 is 127. The first-order valence-corrected chi connectivity index (χ1v) is 51.7. The van der Waals surface area contributed by atoms with Crippen LogP contribution in [0.15, 0.2) is 248 Å². The van der Waals surface area contributed by atoms with Crippen molar-refractivity contribution in [3.63, 3.8) is 0 Å². The average molecular weight is 2160 g/mol. The van der Waals surface area contributed by atoms with E-state index in [9.17, 15) is 58.0 Å². The molecule has 8 heterocycles. The Hall–Kier alpha value is -12.8.